The van der Waals surface area contributed by atoms with Gasteiger partial charge in [0, 0.05) is 25.4 Å². The van der Waals surface area contributed by atoms with Gasteiger partial charge in [0.25, 0.3) is 0 Å². The standard InChI is InChI=1S/C16H24N2O/c1-12-5-6-13(2)15(9-12)14(11-17)10-16(19)18-7-3-4-8-18/h5-6,9,14H,3-4,7-8,10-11,17H2,1-2H3. The highest BCUT2D eigenvalue weighted by Gasteiger charge is 2.22. The van der Waals surface area contributed by atoms with E-state index in [4.69, 9.17) is 5.73 Å². The minimum Gasteiger partial charge on any atom is -0.343 e. The molecule has 1 heterocycles. The summed E-state index contributed by atoms with van der Waals surface area (Å²) in [5.74, 6) is 0.404. The molecule has 3 nitrogen and oxygen atoms in total. The van der Waals surface area contributed by atoms with Crippen LogP contribution in [0.1, 0.15) is 41.9 Å². The molecule has 0 saturated carbocycles. The highest BCUT2D eigenvalue weighted by Crippen LogP contribution is 2.25. The molecule has 0 spiro atoms. The van der Waals surface area contributed by atoms with Gasteiger partial charge in [-0.05, 0) is 44.4 Å². The summed E-state index contributed by atoms with van der Waals surface area (Å²) in [7, 11) is 0. The van der Waals surface area contributed by atoms with Crippen LogP contribution in [0.25, 0.3) is 0 Å². The smallest absolute Gasteiger partial charge is 0.223 e. The Bertz CT molecular complexity index is 450. The summed E-state index contributed by atoms with van der Waals surface area (Å²) in [6.07, 6.45) is 2.83. The Kier molecular flexibility index (Phi) is 4.59. The Hall–Kier alpha value is -1.35. The van der Waals surface area contributed by atoms with Crippen molar-refractivity contribution < 1.29 is 4.79 Å². The van der Waals surface area contributed by atoms with E-state index < -0.39 is 0 Å². The Balaban J connectivity index is 2.10. The first-order valence-electron chi connectivity index (χ1n) is 7.17. The van der Waals surface area contributed by atoms with Gasteiger partial charge in [-0.15, -0.1) is 0 Å². The minimum absolute atomic E-state index is 0.146. The molecule has 1 aromatic carbocycles. The van der Waals surface area contributed by atoms with Gasteiger partial charge in [0.05, 0.1) is 0 Å². The van der Waals surface area contributed by atoms with Gasteiger partial charge in [0.15, 0.2) is 0 Å². The van der Waals surface area contributed by atoms with E-state index >= 15 is 0 Å². The van der Waals surface area contributed by atoms with Crippen molar-refractivity contribution >= 4 is 5.91 Å². The first kappa shape index (κ1) is 14.1. The number of likely N-dealkylation sites (tertiary alicyclic amines) is 1. The maximum Gasteiger partial charge on any atom is 0.223 e. The van der Waals surface area contributed by atoms with Gasteiger partial charge in [-0.25, -0.2) is 0 Å². The van der Waals surface area contributed by atoms with E-state index in [-0.39, 0.29) is 11.8 Å². The SMILES string of the molecule is Cc1ccc(C)c(C(CN)CC(=O)N2CCCC2)c1. The van der Waals surface area contributed by atoms with E-state index in [1.54, 1.807) is 0 Å². The van der Waals surface area contributed by atoms with Crippen molar-refractivity contribution in [1.29, 1.82) is 0 Å². The fourth-order valence-electron chi connectivity index (χ4n) is 2.83. The number of rotatable bonds is 4. The summed E-state index contributed by atoms with van der Waals surface area (Å²) in [6.45, 7) is 6.55. The average Bonchev–Trinajstić information content (AvgIpc) is 2.93. The third-order valence-electron chi connectivity index (χ3n) is 4.04. The van der Waals surface area contributed by atoms with E-state index in [0.717, 1.165) is 25.9 Å². The fourth-order valence-corrected chi connectivity index (χ4v) is 2.83. The Morgan fingerprint density at radius 3 is 2.63 bits per heavy atom. The van der Waals surface area contributed by atoms with Crippen LogP contribution in [0.4, 0.5) is 0 Å². The van der Waals surface area contributed by atoms with Gasteiger partial charge in [0.2, 0.25) is 5.91 Å². The van der Waals surface area contributed by atoms with Crippen molar-refractivity contribution in [2.24, 2.45) is 5.73 Å². The largest absolute Gasteiger partial charge is 0.343 e. The van der Waals surface area contributed by atoms with Crippen LogP contribution in [0.3, 0.4) is 0 Å². The van der Waals surface area contributed by atoms with Gasteiger partial charge in [-0.2, -0.15) is 0 Å². The topological polar surface area (TPSA) is 46.3 Å². The average molecular weight is 260 g/mol. The van der Waals surface area contributed by atoms with E-state index in [1.165, 1.54) is 16.7 Å². The monoisotopic (exact) mass is 260 g/mol. The molecule has 0 aromatic heterocycles. The molecule has 104 valence electrons. The summed E-state index contributed by atoms with van der Waals surface area (Å²) in [5.41, 5.74) is 9.59. The zero-order valence-corrected chi connectivity index (χ0v) is 12.0. The van der Waals surface area contributed by atoms with Gasteiger partial charge in [-0.3, -0.25) is 4.79 Å². The molecule has 1 aliphatic rings. The number of hydrogen-bond acceptors (Lipinski definition) is 2. The van der Waals surface area contributed by atoms with Gasteiger partial charge < -0.3 is 10.6 Å². The molecular weight excluding hydrogens is 236 g/mol. The molecule has 3 heteroatoms. The van der Waals surface area contributed by atoms with Crippen LogP contribution in [-0.4, -0.2) is 30.4 Å². The molecule has 0 aliphatic carbocycles. The molecule has 1 aromatic rings. The van der Waals surface area contributed by atoms with Crippen LogP contribution < -0.4 is 5.73 Å². The van der Waals surface area contributed by atoms with Crippen LogP contribution in [0, 0.1) is 13.8 Å². The number of carbonyl (C=O) groups excluding carboxylic acids is 1. The van der Waals surface area contributed by atoms with Crippen LogP contribution in [0.5, 0.6) is 0 Å². The first-order chi connectivity index (χ1) is 9.11. The molecule has 1 fully saturated rings. The quantitative estimate of drug-likeness (QED) is 0.903. The lowest BCUT2D eigenvalue weighted by Gasteiger charge is -2.22. The zero-order chi connectivity index (χ0) is 13.8. The summed E-state index contributed by atoms with van der Waals surface area (Å²) in [6, 6.07) is 6.40. The van der Waals surface area contributed by atoms with Crippen molar-refractivity contribution in [3.63, 3.8) is 0 Å². The maximum atomic E-state index is 12.3. The summed E-state index contributed by atoms with van der Waals surface area (Å²) in [4.78, 5) is 14.2. The molecular formula is C16H24N2O. The molecule has 2 rings (SSSR count). The maximum absolute atomic E-state index is 12.3. The van der Waals surface area contributed by atoms with Gasteiger partial charge in [0.1, 0.15) is 0 Å². The van der Waals surface area contributed by atoms with E-state index in [0.29, 0.717) is 13.0 Å². The molecule has 2 N–H and O–H groups in total. The highest BCUT2D eigenvalue weighted by molar-refractivity contribution is 5.77. The van der Waals surface area contributed by atoms with Crippen molar-refractivity contribution in [2.75, 3.05) is 19.6 Å². The third kappa shape index (κ3) is 3.35. The van der Waals surface area contributed by atoms with E-state index in [1.807, 2.05) is 4.90 Å². The molecule has 1 aliphatic heterocycles. The minimum atomic E-state index is 0.146. The first-order valence-corrected chi connectivity index (χ1v) is 7.17. The second-order valence-corrected chi connectivity index (χ2v) is 5.58. The normalized spacial score (nSPS) is 16.7. The van der Waals surface area contributed by atoms with Crippen molar-refractivity contribution in [3.05, 3.63) is 34.9 Å². The van der Waals surface area contributed by atoms with E-state index in [2.05, 4.69) is 32.0 Å². The lowest BCUT2D eigenvalue weighted by atomic mass is 9.90. The number of amides is 1. The van der Waals surface area contributed by atoms with Crippen molar-refractivity contribution in [3.8, 4) is 0 Å². The molecule has 1 atom stereocenters. The Morgan fingerprint density at radius 2 is 2.00 bits per heavy atom. The summed E-state index contributed by atoms with van der Waals surface area (Å²) < 4.78 is 0. The Labute approximate surface area is 115 Å². The number of nitrogens with zero attached hydrogens (tertiary/aromatic N) is 1. The second kappa shape index (κ2) is 6.20. The van der Waals surface area contributed by atoms with Crippen LogP contribution in [0.2, 0.25) is 0 Å². The molecule has 1 saturated heterocycles. The van der Waals surface area contributed by atoms with Crippen molar-refractivity contribution in [2.45, 2.75) is 39.0 Å². The number of aryl methyl sites for hydroxylation is 2. The predicted molar refractivity (Wildman–Crippen MR) is 78.1 cm³/mol. The summed E-state index contributed by atoms with van der Waals surface area (Å²) >= 11 is 0. The lowest BCUT2D eigenvalue weighted by Crippen LogP contribution is -2.30. The molecule has 0 radical (unpaired) electrons. The van der Waals surface area contributed by atoms with Crippen molar-refractivity contribution in [1.82, 2.24) is 4.90 Å². The molecule has 0 bridgehead atoms. The molecule has 1 amide bonds. The molecule has 1 unspecified atom stereocenters. The number of carbonyl (C=O) groups is 1. The van der Waals surface area contributed by atoms with Gasteiger partial charge in [-0.1, -0.05) is 23.8 Å². The van der Waals surface area contributed by atoms with Crippen LogP contribution in [0.15, 0.2) is 18.2 Å². The second-order valence-electron chi connectivity index (χ2n) is 5.58. The van der Waals surface area contributed by atoms with Crippen LogP contribution >= 0.6 is 0 Å². The highest BCUT2D eigenvalue weighted by atomic mass is 16.2. The number of nitrogens with two attached hydrogens (primary N) is 1. The fraction of sp³-hybridized carbons (Fsp3) is 0.562. The number of hydrogen-bond donors (Lipinski definition) is 1. The predicted octanol–water partition coefficient (Wildman–Crippen LogP) is 2.36. The molecule has 19 heavy (non-hydrogen) atoms. The lowest BCUT2D eigenvalue weighted by molar-refractivity contribution is -0.130. The third-order valence-corrected chi connectivity index (χ3v) is 4.04. The van der Waals surface area contributed by atoms with Crippen LogP contribution in [-0.2, 0) is 4.79 Å². The van der Waals surface area contributed by atoms with Gasteiger partial charge >= 0.3 is 0 Å². The summed E-state index contributed by atoms with van der Waals surface area (Å²) in [5, 5.41) is 0. The Morgan fingerprint density at radius 1 is 1.32 bits per heavy atom. The zero-order valence-electron chi connectivity index (χ0n) is 12.0. The van der Waals surface area contributed by atoms with E-state index in [9.17, 15) is 4.79 Å². The number of benzene rings is 1.